The molecular formula is C15H26N2O2. The zero-order valence-electron chi connectivity index (χ0n) is 12.2. The minimum absolute atomic E-state index is 0.0716. The molecule has 0 spiro atoms. The summed E-state index contributed by atoms with van der Waals surface area (Å²) in [5, 5.41) is 13.1. The van der Waals surface area contributed by atoms with Crippen LogP contribution in [0.25, 0.3) is 0 Å². The van der Waals surface area contributed by atoms with Crippen LogP contribution >= 0.6 is 0 Å². The van der Waals surface area contributed by atoms with Gasteiger partial charge in [-0.25, -0.2) is 0 Å². The quantitative estimate of drug-likeness (QED) is 0.656. The molecule has 0 saturated carbocycles. The Morgan fingerprint density at radius 3 is 2.53 bits per heavy atom. The first-order valence-corrected chi connectivity index (χ1v) is 6.71. The third-order valence-corrected chi connectivity index (χ3v) is 3.50. The van der Waals surface area contributed by atoms with Crippen LogP contribution in [0, 0.1) is 0 Å². The maximum absolute atomic E-state index is 9.84. The van der Waals surface area contributed by atoms with Crippen molar-refractivity contribution < 1.29 is 9.84 Å². The molecule has 0 heterocycles. The summed E-state index contributed by atoms with van der Waals surface area (Å²) in [6.45, 7) is 2.54. The van der Waals surface area contributed by atoms with Crippen LogP contribution in [0.3, 0.4) is 0 Å². The number of rotatable bonds is 9. The average molecular weight is 266 g/mol. The minimum Gasteiger partial charge on any atom is -0.394 e. The standard InChI is InChI=1S/C15H26N2O2/c1-16-15(13-18,14-8-5-4-6-9-14)12-17(2)10-7-11-19-3/h4-6,8-9,16,18H,7,10-13H2,1-3H3. The summed E-state index contributed by atoms with van der Waals surface area (Å²) in [6.07, 6.45) is 0.993. The molecule has 1 unspecified atom stereocenters. The Bertz CT molecular complexity index is 339. The van der Waals surface area contributed by atoms with Crippen LogP contribution < -0.4 is 5.32 Å². The van der Waals surface area contributed by atoms with Crippen LogP contribution in [0.2, 0.25) is 0 Å². The molecule has 0 aliphatic heterocycles. The monoisotopic (exact) mass is 266 g/mol. The first-order valence-electron chi connectivity index (χ1n) is 6.71. The fourth-order valence-electron chi connectivity index (χ4n) is 2.31. The highest BCUT2D eigenvalue weighted by atomic mass is 16.5. The van der Waals surface area contributed by atoms with Crippen molar-refractivity contribution >= 4 is 0 Å². The fourth-order valence-corrected chi connectivity index (χ4v) is 2.31. The first kappa shape index (κ1) is 16.1. The van der Waals surface area contributed by atoms with E-state index in [1.807, 2.05) is 25.2 Å². The lowest BCUT2D eigenvalue weighted by atomic mass is 9.90. The Morgan fingerprint density at radius 2 is 2.00 bits per heavy atom. The van der Waals surface area contributed by atoms with Crippen LogP contribution in [-0.4, -0.2) is 57.5 Å². The van der Waals surface area contributed by atoms with Crippen LogP contribution in [0.15, 0.2) is 30.3 Å². The second kappa shape index (κ2) is 8.27. The predicted octanol–water partition coefficient (Wildman–Crippen LogP) is 1.06. The Balaban J connectivity index is 2.71. The number of aliphatic hydroxyl groups excluding tert-OH is 1. The van der Waals surface area contributed by atoms with Crippen LogP contribution in [0.4, 0.5) is 0 Å². The van der Waals surface area contributed by atoms with Gasteiger partial charge in [-0.3, -0.25) is 0 Å². The van der Waals surface area contributed by atoms with Crippen LogP contribution in [-0.2, 0) is 10.3 Å². The van der Waals surface area contributed by atoms with E-state index >= 15 is 0 Å². The molecule has 4 heteroatoms. The van der Waals surface area contributed by atoms with E-state index < -0.39 is 5.54 Å². The predicted molar refractivity (Wildman–Crippen MR) is 78.3 cm³/mol. The summed E-state index contributed by atoms with van der Waals surface area (Å²) in [7, 11) is 5.68. The highest BCUT2D eigenvalue weighted by Crippen LogP contribution is 2.21. The summed E-state index contributed by atoms with van der Waals surface area (Å²) >= 11 is 0. The van der Waals surface area contributed by atoms with Crippen molar-refractivity contribution in [2.24, 2.45) is 0 Å². The highest BCUT2D eigenvalue weighted by molar-refractivity contribution is 5.25. The van der Waals surface area contributed by atoms with Gasteiger partial charge in [0.05, 0.1) is 12.1 Å². The van der Waals surface area contributed by atoms with Crippen LogP contribution in [0.1, 0.15) is 12.0 Å². The summed E-state index contributed by atoms with van der Waals surface area (Å²) in [5.41, 5.74) is 0.696. The summed E-state index contributed by atoms with van der Waals surface area (Å²) in [4.78, 5) is 2.22. The molecule has 0 fully saturated rings. The van der Waals surface area contributed by atoms with Gasteiger partial charge in [-0.2, -0.15) is 0 Å². The number of nitrogens with one attached hydrogen (secondary N) is 1. The zero-order chi connectivity index (χ0) is 14.1. The van der Waals surface area contributed by atoms with Crippen molar-refractivity contribution in [2.75, 3.05) is 47.5 Å². The van der Waals surface area contributed by atoms with E-state index in [0.717, 1.165) is 31.7 Å². The van der Waals surface area contributed by atoms with E-state index in [2.05, 4.69) is 29.4 Å². The summed E-state index contributed by atoms with van der Waals surface area (Å²) in [5.74, 6) is 0. The third-order valence-electron chi connectivity index (χ3n) is 3.50. The van der Waals surface area contributed by atoms with Gasteiger partial charge in [0.1, 0.15) is 0 Å². The molecule has 0 aromatic heterocycles. The minimum atomic E-state index is -0.414. The lowest BCUT2D eigenvalue weighted by Crippen LogP contribution is -2.51. The largest absolute Gasteiger partial charge is 0.394 e. The number of methoxy groups -OCH3 is 1. The number of likely N-dealkylation sites (N-methyl/N-ethyl adjacent to an activating group) is 2. The van der Waals surface area contributed by atoms with Gasteiger partial charge in [0.25, 0.3) is 0 Å². The summed E-state index contributed by atoms with van der Waals surface area (Å²) in [6, 6.07) is 10.1. The lowest BCUT2D eigenvalue weighted by molar-refractivity contribution is 0.116. The molecule has 108 valence electrons. The van der Waals surface area contributed by atoms with E-state index in [4.69, 9.17) is 4.74 Å². The van der Waals surface area contributed by atoms with E-state index in [0.29, 0.717) is 0 Å². The van der Waals surface area contributed by atoms with Crippen molar-refractivity contribution in [2.45, 2.75) is 12.0 Å². The second-order valence-electron chi connectivity index (χ2n) is 4.94. The topological polar surface area (TPSA) is 44.7 Å². The average Bonchev–Trinajstić information content (AvgIpc) is 2.46. The van der Waals surface area contributed by atoms with Gasteiger partial charge in [-0.15, -0.1) is 0 Å². The molecule has 1 atom stereocenters. The SMILES string of the molecule is CNC(CO)(CN(C)CCCOC)c1ccccc1. The van der Waals surface area contributed by atoms with E-state index in [-0.39, 0.29) is 6.61 Å². The van der Waals surface area contributed by atoms with Gasteiger partial charge in [0.2, 0.25) is 0 Å². The number of aliphatic hydroxyl groups is 1. The number of hydrogen-bond acceptors (Lipinski definition) is 4. The van der Waals surface area contributed by atoms with Gasteiger partial charge in [-0.1, -0.05) is 30.3 Å². The molecule has 1 aromatic rings. The molecule has 0 amide bonds. The van der Waals surface area contributed by atoms with Gasteiger partial charge in [-0.05, 0) is 26.1 Å². The number of hydrogen-bond donors (Lipinski definition) is 2. The molecular weight excluding hydrogens is 240 g/mol. The molecule has 0 saturated heterocycles. The number of ether oxygens (including phenoxy) is 1. The van der Waals surface area contributed by atoms with Crippen molar-refractivity contribution in [3.8, 4) is 0 Å². The van der Waals surface area contributed by atoms with E-state index in [9.17, 15) is 5.11 Å². The molecule has 2 N–H and O–H groups in total. The number of nitrogens with zero attached hydrogens (tertiary/aromatic N) is 1. The molecule has 0 radical (unpaired) electrons. The van der Waals surface area contributed by atoms with Gasteiger partial charge >= 0.3 is 0 Å². The van der Waals surface area contributed by atoms with E-state index in [1.54, 1.807) is 7.11 Å². The lowest BCUT2D eigenvalue weighted by Gasteiger charge is -2.36. The Kier molecular flexibility index (Phi) is 7.02. The first-order chi connectivity index (χ1) is 9.18. The van der Waals surface area contributed by atoms with Crippen molar-refractivity contribution in [1.29, 1.82) is 0 Å². The highest BCUT2D eigenvalue weighted by Gasteiger charge is 2.30. The molecule has 0 bridgehead atoms. The normalized spacial score (nSPS) is 14.6. The van der Waals surface area contributed by atoms with Gasteiger partial charge < -0.3 is 20.1 Å². The maximum Gasteiger partial charge on any atom is 0.0795 e. The van der Waals surface area contributed by atoms with Gasteiger partial charge in [0.15, 0.2) is 0 Å². The smallest absolute Gasteiger partial charge is 0.0795 e. The maximum atomic E-state index is 9.84. The van der Waals surface area contributed by atoms with E-state index in [1.165, 1.54) is 0 Å². The zero-order valence-corrected chi connectivity index (χ0v) is 12.2. The van der Waals surface area contributed by atoms with Crippen molar-refractivity contribution in [3.63, 3.8) is 0 Å². The second-order valence-corrected chi connectivity index (χ2v) is 4.94. The molecule has 4 nitrogen and oxygen atoms in total. The molecule has 0 aliphatic rings. The molecule has 1 rings (SSSR count). The third kappa shape index (κ3) is 4.58. The molecule has 19 heavy (non-hydrogen) atoms. The van der Waals surface area contributed by atoms with Gasteiger partial charge in [0, 0.05) is 26.8 Å². The number of benzene rings is 1. The molecule has 0 aliphatic carbocycles. The summed E-state index contributed by atoms with van der Waals surface area (Å²) < 4.78 is 5.07. The Hall–Kier alpha value is -0.940. The molecule has 1 aromatic carbocycles. The Labute approximate surface area is 116 Å². The van der Waals surface area contributed by atoms with Crippen molar-refractivity contribution in [1.82, 2.24) is 10.2 Å². The Morgan fingerprint density at radius 1 is 1.32 bits per heavy atom. The van der Waals surface area contributed by atoms with Crippen molar-refractivity contribution in [3.05, 3.63) is 35.9 Å². The fraction of sp³-hybridized carbons (Fsp3) is 0.600. The van der Waals surface area contributed by atoms with Crippen LogP contribution in [0.5, 0.6) is 0 Å².